The molecule has 0 aliphatic carbocycles. The van der Waals surface area contributed by atoms with Crippen molar-refractivity contribution in [1.82, 2.24) is 0 Å². The Morgan fingerprint density at radius 2 is 1.92 bits per heavy atom. The molecule has 0 aliphatic rings. The number of carbonyl (C=O) groups is 1. The normalized spacial score (nSPS) is 14.1. The van der Waals surface area contributed by atoms with Crippen molar-refractivity contribution in [3.05, 3.63) is 11.6 Å². The van der Waals surface area contributed by atoms with Gasteiger partial charge < -0.3 is 4.74 Å². The maximum atomic E-state index is 11.0. The summed E-state index contributed by atoms with van der Waals surface area (Å²) in [6.07, 6.45) is -9.96. The maximum Gasteiger partial charge on any atom is 0.348 e. The third kappa shape index (κ3) is 11.2. The van der Waals surface area contributed by atoms with Crippen LogP contribution in [0.25, 0.3) is 0 Å². The fraction of sp³-hybridized carbons (Fsp3) is 0.500. The van der Waals surface area contributed by atoms with Gasteiger partial charge in [-0.15, -0.1) is 0 Å². The molecule has 0 radical (unpaired) electrons. The largest absolute Gasteiger partial charge is 0.465 e. The van der Waals surface area contributed by atoms with Crippen LogP contribution in [0.1, 0.15) is 4.11 Å². The standard InChI is InChI=1S/C4H5ClO2.C2H2F4/c1-3(5)4(6)7-2;3-1(4)2(5)6/h1H2,2H3;1-2H/i2D;1D,2D. The van der Waals surface area contributed by atoms with E-state index in [0.29, 0.717) is 0 Å². The van der Waals surface area contributed by atoms with Gasteiger partial charge in [-0.2, -0.15) is 0 Å². The molecule has 78 valence electrons. The summed E-state index contributed by atoms with van der Waals surface area (Å²) in [5.41, 5.74) is 0. The minimum Gasteiger partial charge on any atom is -0.465 e. The molecular formula is C6H7ClF4O2. The predicted molar refractivity (Wildman–Crippen MR) is 39.0 cm³/mol. The van der Waals surface area contributed by atoms with Gasteiger partial charge in [0.2, 0.25) is 0 Å². The molecule has 0 heterocycles. The first-order chi connectivity index (χ1) is 6.93. The lowest BCUT2D eigenvalue weighted by molar-refractivity contribution is -0.135. The molecule has 0 atom stereocenters. The summed E-state index contributed by atoms with van der Waals surface area (Å²) in [5, 5.41) is -0.197. The van der Waals surface area contributed by atoms with E-state index in [9.17, 15) is 22.4 Å². The summed E-state index contributed by atoms with van der Waals surface area (Å²) >= 11 is 5.05. The molecular weight excluding hydrogens is 216 g/mol. The van der Waals surface area contributed by atoms with E-state index in [1.807, 2.05) is 0 Å². The zero-order valence-electron chi connectivity index (χ0n) is 9.12. The lowest BCUT2D eigenvalue weighted by atomic mass is 10.7. The Labute approximate surface area is 81.3 Å². The topological polar surface area (TPSA) is 26.3 Å². The van der Waals surface area contributed by atoms with E-state index < -0.39 is 25.9 Å². The summed E-state index contributed by atoms with van der Waals surface area (Å²) in [4.78, 5) is 10.2. The number of esters is 1. The second kappa shape index (κ2) is 7.85. The minimum atomic E-state index is -4.98. The van der Waals surface area contributed by atoms with E-state index in [4.69, 9.17) is 15.7 Å². The van der Waals surface area contributed by atoms with Crippen molar-refractivity contribution in [2.75, 3.05) is 7.09 Å². The van der Waals surface area contributed by atoms with Gasteiger partial charge in [-0.05, 0) is 0 Å². The molecule has 0 fully saturated rings. The smallest absolute Gasteiger partial charge is 0.348 e. The molecule has 0 amide bonds. The van der Waals surface area contributed by atoms with Crippen LogP contribution in [0.5, 0.6) is 0 Å². The first-order valence-electron chi connectivity index (χ1n) is 4.20. The molecule has 0 aromatic rings. The van der Waals surface area contributed by atoms with E-state index >= 15 is 0 Å². The lowest BCUT2D eigenvalue weighted by Gasteiger charge is -1.89. The Morgan fingerprint density at radius 1 is 1.54 bits per heavy atom. The maximum absolute atomic E-state index is 11.0. The van der Waals surface area contributed by atoms with Gasteiger partial charge in [-0.3, -0.25) is 0 Å². The van der Waals surface area contributed by atoms with E-state index in [1.165, 1.54) is 0 Å². The van der Waals surface area contributed by atoms with Gasteiger partial charge in [-0.1, -0.05) is 18.2 Å². The van der Waals surface area contributed by atoms with Gasteiger partial charge in [0.15, 0.2) is 0 Å². The number of alkyl halides is 4. The van der Waals surface area contributed by atoms with Gasteiger partial charge in [0.25, 0.3) is 12.8 Å². The molecule has 0 saturated carbocycles. The molecule has 0 bridgehead atoms. The average molecular weight is 226 g/mol. The molecule has 0 saturated heterocycles. The Hall–Kier alpha value is -0.780. The summed E-state index contributed by atoms with van der Waals surface area (Å²) in [6.45, 7) is 3.08. The average Bonchev–Trinajstić information content (AvgIpc) is 2.01. The van der Waals surface area contributed by atoms with E-state index in [2.05, 4.69) is 11.3 Å². The Kier molecular flexibility index (Phi) is 5.31. The fourth-order valence-electron chi connectivity index (χ4n) is 0.0783. The van der Waals surface area contributed by atoms with Crippen molar-refractivity contribution in [2.45, 2.75) is 12.8 Å². The van der Waals surface area contributed by atoms with Gasteiger partial charge >= 0.3 is 5.97 Å². The highest BCUT2D eigenvalue weighted by molar-refractivity contribution is 6.40. The van der Waals surface area contributed by atoms with Crippen LogP contribution in [0.15, 0.2) is 11.6 Å². The summed E-state index contributed by atoms with van der Waals surface area (Å²) in [6, 6.07) is 0. The van der Waals surface area contributed by atoms with Crippen LogP contribution in [0.4, 0.5) is 17.6 Å². The number of ether oxygens (including phenoxy) is 1. The number of methoxy groups -OCH3 is 1. The van der Waals surface area contributed by atoms with E-state index in [1.54, 1.807) is 0 Å². The van der Waals surface area contributed by atoms with Crippen molar-refractivity contribution in [2.24, 2.45) is 0 Å². The zero-order valence-corrected chi connectivity index (χ0v) is 6.88. The Balaban J connectivity index is 0. The predicted octanol–water partition coefficient (Wildman–Crippen LogP) is 2.43. The quantitative estimate of drug-likeness (QED) is 0.410. The third-order valence-corrected chi connectivity index (χ3v) is 0.650. The number of halogens is 5. The molecule has 7 heteroatoms. The highest BCUT2D eigenvalue weighted by Crippen LogP contribution is 2.04. The van der Waals surface area contributed by atoms with Crippen LogP contribution in [0.2, 0.25) is 0 Å². The van der Waals surface area contributed by atoms with Crippen LogP contribution < -0.4 is 0 Å². The zero-order chi connectivity index (χ0) is 13.6. The van der Waals surface area contributed by atoms with Gasteiger partial charge in [0.05, 0.1) is 8.46 Å². The highest BCUT2D eigenvalue weighted by atomic mass is 35.5. The van der Waals surface area contributed by atoms with Gasteiger partial charge in [-0.25, -0.2) is 22.4 Å². The second-order valence-corrected chi connectivity index (χ2v) is 1.81. The van der Waals surface area contributed by atoms with Crippen molar-refractivity contribution in [3.63, 3.8) is 0 Å². The van der Waals surface area contributed by atoms with Crippen molar-refractivity contribution in [3.8, 4) is 0 Å². The molecule has 0 spiro atoms. The molecule has 0 unspecified atom stereocenters. The molecule has 13 heavy (non-hydrogen) atoms. The number of hydrogen-bond donors (Lipinski definition) is 0. The van der Waals surface area contributed by atoms with Gasteiger partial charge in [0, 0.05) is 0 Å². The molecule has 0 rings (SSSR count). The van der Waals surface area contributed by atoms with Gasteiger partial charge in [0.1, 0.15) is 7.77 Å². The lowest BCUT2D eigenvalue weighted by Crippen LogP contribution is -2.02. The minimum absolute atomic E-state index is 0.197. The number of rotatable bonds is 2. The van der Waals surface area contributed by atoms with Crippen LogP contribution in [-0.4, -0.2) is 25.9 Å². The summed E-state index contributed by atoms with van der Waals surface area (Å²) in [5.74, 6) is -0.735. The number of carbonyl (C=O) groups excluding carboxylic acids is 1. The molecule has 0 aliphatic heterocycles. The Bertz CT molecular complexity index is 239. The molecule has 0 aromatic heterocycles. The first kappa shape index (κ1) is 8.80. The van der Waals surface area contributed by atoms with Crippen molar-refractivity contribution < 1.29 is 31.2 Å². The summed E-state index contributed by atoms with van der Waals surface area (Å²) < 4.78 is 64.9. The van der Waals surface area contributed by atoms with Crippen LogP contribution in [-0.2, 0) is 9.53 Å². The SMILES string of the molecule is [2H]C(F)(F)C([2H])(F)F.[2H]COC(=O)C(=C)Cl. The summed E-state index contributed by atoms with van der Waals surface area (Å²) in [7, 11) is -0.412. The van der Waals surface area contributed by atoms with Crippen molar-refractivity contribution >= 4 is 17.6 Å². The number of hydrogen-bond acceptors (Lipinski definition) is 2. The van der Waals surface area contributed by atoms with E-state index in [-0.39, 0.29) is 5.03 Å². The Morgan fingerprint density at radius 3 is 2.00 bits per heavy atom. The van der Waals surface area contributed by atoms with Crippen LogP contribution in [0, 0.1) is 0 Å². The van der Waals surface area contributed by atoms with Crippen molar-refractivity contribution in [1.29, 1.82) is 0 Å². The fourth-order valence-corrected chi connectivity index (χ4v) is 0.133. The highest BCUT2D eigenvalue weighted by Gasteiger charge is 2.15. The molecule has 2 nitrogen and oxygen atoms in total. The third-order valence-electron chi connectivity index (χ3n) is 0.495. The second-order valence-electron chi connectivity index (χ2n) is 1.36. The monoisotopic (exact) mass is 225 g/mol. The molecule has 0 N–H and O–H groups in total. The van der Waals surface area contributed by atoms with E-state index in [0.717, 1.165) is 0 Å². The van der Waals surface area contributed by atoms with Crippen LogP contribution in [0.3, 0.4) is 0 Å². The van der Waals surface area contributed by atoms with Crippen LogP contribution >= 0.6 is 11.6 Å². The molecule has 0 aromatic carbocycles. The first-order valence-corrected chi connectivity index (χ1v) is 2.87.